The van der Waals surface area contributed by atoms with E-state index >= 15 is 0 Å². The van der Waals surface area contributed by atoms with E-state index < -0.39 is 12.1 Å². The van der Waals surface area contributed by atoms with E-state index in [1.54, 1.807) is 0 Å². The third-order valence-electron chi connectivity index (χ3n) is 3.35. The molecule has 0 aliphatic heterocycles. The summed E-state index contributed by atoms with van der Waals surface area (Å²) >= 11 is 0. The fourth-order valence-electron chi connectivity index (χ4n) is 1.96. The van der Waals surface area contributed by atoms with Gasteiger partial charge in [0.25, 0.3) is 0 Å². The van der Waals surface area contributed by atoms with E-state index in [0.29, 0.717) is 0 Å². The molecule has 6 heteroatoms. The van der Waals surface area contributed by atoms with E-state index in [4.69, 9.17) is 9.90 Å². The Kier molecular flexibility index (Phi) is 7.28. The van der Waals surface area contributed by atoms with Gasteiger partial charge in [-0.05, 0) is 32.9 Å². The minimum absolute atomic E-state index is 1.10. The van der Waals surface area contributed by atoms with Gasteiger partial charge in [-0.25, -0.2) is 0 Å². The molecule has 0 amide bonds. The van der Waals surface area contributed by atoms with Crippen LogP contribution in [0, 0.1) is 0 Å². The predicted octanol–water partition coefficient (Wildman–Crippen LogP) is 2.35. The summed E-state index contributed by atoms with van der Waals surface area (Å²) in [5.74, 6) is -3.01. The van der Waals surface area contributed by atoms with E-state index in [0.717, 1.165) is 4.48 Å². The van der Waals surface area contributed by atoms with Gasteiger partial charge >= 0.3 is 6.18 Å². The summed E-state index contributed by atoms with van der Waals surface area (Å²) in [6.07, 6.45) is -5.19. The second kappa shape index (κ2) is 7.89. The molecule has 0 atom stereocenters. The maximum absolute atomic E-state index is 10.5. The van der Waals surface area contributed by atoms with E-state index in [1.165, 1.54) is 25.3 Å². The summed E-state index contributed by atoms with van der Waals surface area (Å²) < 4.78 is 32.6. The number of carboxylic acids is 1. The molecular weight excluding hydrogens is 271 g/mol. The SMILES string of the molecule is CC[N+](CC)(CC)c1ccccc1.O=C([O-])C(F)(F)F. The molecular formula is C14H20F3NO2. The number of rotatable bonds is 4. The van der Waals surface area contributed by atoms with Gasteiger partial charge < -0.3 is 9.90 Å². The Bertz CT molecular complexity index is 392. The lowest BCUT2D eigenvalue weighted by Crippen LogP contribution is -2.48. The van der Waals surface area contributed by atoms with Crippen molar-refractivity contribution >= 4 is 11.7 Å². The summed E-state index contributed by atoms with van der Waals surface area (Å²) in [5.41, 5.74) is 1.44. The zero-order valence-corrected chi connectivity index (χ0v) is 11.9. The van der Waals surface area contributed by atoms with Gasteiger partial charge in [0.2, 0.25) is 0 Å². The standard InChI is InChI=1S/C12H20N.C2HF3O2/c1-4-13(5-2,6-3)12-10-8-7-9-11-12;3-2(4,5)1(6)7/h7-11H,4-6H2,1-3H3;(H,6,7)/q+1;/p-1. The van der Waals surface area contributed by atoms with Crippen molar-refractivity contribution in [2.45, 2.75) is 26.9 Å². The van der Waals surface area contributed by atoms with Crippen LogP contribution in [0.2, 0.25) is 0 Å². The summed E-state index contributed by atoms with van der Waals surface area (Å²) in [5, 5.41) is 8.78. The Morgan fingerprint density at radius 1 is 1.05 bits per heavy atom. The van der Waals surface area contributed by atoms with Gasteiger partial charge in [-0.2, -0.15) is 13.2 Å². The first-order valence-corrected chi connectivity index (χ1v) is 6.43. The number of carboxylic acid groups (broad SMARTS) is 1. The first-order chi connectivity index (χ1) is 9.23. The average Bonchev–Trinajstić information content (AvgIpc) is 2.42. The molecule has 0 spiro atoms. The number of hydrogen-bond acceptors (Lipinski definition) is 2. The molecule has 3 nitrogen and oxygen atoms in total. The summed E-state index contributed by atoms with van der Waals surface area (Å²) in [4.78, 5) is 8.78. The van der Waals surface area contributed by atoms with Crippen LogP contribution in [0.5, 0.6) is 0 Å². The predicted molar refractivity (Wildman–Crippen MR) is 70.9 cm³/mol. The Morgan fingerprint density at radius 3 is 1.65 bits per heavy atom. The largest absolute Gasteiger partial charge is 0.542 e. The molecule has 0 aromatic heterocycles. The highest BCUT2D eigenvalue weighted by Crippen LogP contribution is 2.21. The van der Waals surface area contributed by atoms with Crippen LogP contribution in [0.3, 0.4) is 0 Å². The molecule has 0 saturated heterocycles. The van der Waals surface area contributed by atoms with E-state index in [2.05, 4.69) is 51.1 Å². The molecule has 0 N–H and O–H groups in total. The maximum Gasteiger partial charge on any atom is 0.430 e. The van der Waals surface area contributed by atoms with Gasteiger partial charge in [0.1, 0.15) is 11.7 Å². The third kappa shape index (κ3) is 5.21. The molecule has 1 aromatic carbocycles. The second-order valence-corrected chi connectivity index (χ2v) is 4.21. The summed E-state index contributed by atoms with van der Waals surface area (Å²) in [7, 11) is 0. The summed E-state index contributed by atoms with van der Waals surface area (Å²) in [6.45, 7) is 10.3. The average molecular weight is 291 g/mol. The van der Waals surface area contributed by atoms with Crippen molar-refractivity contribution in [3.8, 4) is 0 Å². The van der Waals surface area contributed by atoms with Crippen LogP contribution in [-0.4, -0.2) is 31.8 Å². The topological polar surface area (TPSA) is 40.1 Å². The number of benzene rings is 1. The van der Waals surface area contributed by atoms with E-state index in [9.17, 15) is 13.2 Å². The molecule has 0 aliphatic carbocycles. The zero-order chi connectivity index (χ0) is 15.8. The highest BCUT2D eigenvalue weighted by molar-refractivity contribution is 5.70. The number of halogens is 3. The van der Waals surface area contributed by atoms with Crippen molar-refractivity contribution in [2.24, 2.45) is 0 Å². The highest BCUT2D eigenvalue weighted by atomic mass is 19.4. The smallest absolute Gasteiger partial charge is 0.430 e. The third-order valence-corrected chi connectivity index (χ3v) is 3.35. The molecule has 1 rings (SSSR count). The lowest BCUT2D eigenvalue weighted by molar-refractivity contribution is -0.344. The van der Waals surface area contributed by atoms with Crippen molar-refractivity contribution in [3.05, 3.63) is 30.3 Å². The molecule has 114 valence electrons. The fourth-order valence-corrected chi connectivity index (χ4v) is 1.96. The number of hydrogen-bond donors (Lipinski definition) is 0. The monoisotopic (exact) mass is 291 g/mol. The van der Waals surface area contributed by atoms with Gasteiger partial charge in [0.15, 0.2) is 0 Å². The second-order valence-electron chi connectivity index (χ2n) is 4.21. The number of alkyl halides is 3. The molecule has 0 fully saturated rings. The number of aliphatic carboxylic acids is 1. The van der Waals surface area contributed by atoms with Crippen LogP contribution in [0.4, 0.5) is 18.9 Å². The lowest BCUT2D eigenvalue weighted by Gasteiger charge is -2.35. The van der Waals surface area contributed by atoms with E-state index in [-0.39, 0.29) is 0 Å². The fraction of sp³-hybridized carbons (Fsp3) is 0.500. The van der Waals surface area contributed by atoms with Crippen molar-refractivity contribution in [1.82, 2.24) is 4.48 Å². The molecule has 0 saturated carbocycles. The molecule has 0 radical (unpaired) electrons. The first kappa shape index (κ1) is 18.4. The maximum atomic E-state index is 10.5. The Hall–Kier alpha value is -1.56. The molecule has 0 heterocycles. The summed E-state index contributed by atoms with van der Waals surface area (Å²) in [6, 6.07) is 10.8. The van der Waals surface area contributed by atoms with Crippen molar-refractivity contribution in [3.63, 3.8) is 0 Å². The van der Waals surface area contributed by atoms with Crippen LogP contribution in [0.25, 0.3) is 0 Å². The molecule has 0 unspecified atom stereocenters. The van der Waals surface area contributed by atoms with Crippen LogP contribution >= 0.6 is 0 Å². The lowest BCUT2D eigenvalue weighted by atomic mass is 10.2. The van der Waals surface area contributed by atoms with Crippen LogP contribution in [-0.2, 0) is 4.79 Å². The quantitative estimate of drug-likeness (QED) is 0.799. The van der Waals surface area contributed by atoms with Crippen molar-refractivity contribution in [2.75, 3.05) is 19.6 Å². The molecule has 0 aliphatic rings. The van der Waals surface area contributed by atoms with Crippen molar-refractivity contribution in [1.29, 1.82) is 0 Å². The number of para-hydroxylation sites is 1. The van der Waals surface area contributed by atoms with E-state index in [1.807, 2.05) is 0 Å². The van der Waals surface area contributed by atoms with Crippen LogP contribution in [0.1, 0.15) is 20.8 Å². The Morgan fingerprint density at radius 2 is 1.40 bits per heavy atom. The highest BCUT2D eigenvalue weighted by Gasteiger charge is 2.28. The van der Waals surface area contributed by atoms with Gasteiger partial charge in [0.05, 0.1) is 19.6 Å². The Balaban J connectivity index is 0.000000441. The van der Waals surface area contributed by atoms with Gasteiger partial charge in [-0.1, -0.05) is 18.2 Å². The van der Waals surface area contributed by atoms with Crippen LogP contribution in [0.15, 0.2) is 30.3 Å². The van der Waals surface area contributed by atoms with Gasteiger partial charge in [-0.15, -0.1) is 0 Å². The van der Waals surface area contributed by atoms with Crippen molar-refractivity contribution < 1.29 is 23.1 Å². The minimum Gasteiger partial charge on any atom is -0.542 e. The van der Waals surface area contributed by atoms with Crippen LogP contribution < -0.4 is 9.59 Å². The minimum atomic E-state index is -5.19. The number of quaternary nitrogens is 1. The normalized spacial score (nSPS) is 11.5. The number of carbonyl (C=O) groups is 1. The zero-order valence-electron chi connectivity index (χ0n) is 11.9. The Labute approximate surface area is 117 Å². The number of nitrogens with zero attached hydrogens (tertiary/aromatic N) is 1. The first-order valence-electron chi connectivity index (χ1n) is 6.43. The van der Waals surface area contributed by atoms with Gasteiger partial charge in [-0.3, -0.25) is 4.48 Å². The molecule has 20 heavy (non-hydrogen) atoms. The number of carbonyl (C=O) groups excluding carboxylic acids is 1. The van der Waals surface area contributed by atoms with Gasteiger partial charge in [0, 0.05) is 0 Å². The molecule has 1 aromatic rings. The molecule has 0 bridgehead atoms.